The van der Waals surface area contributed by atoms with Gasteiger partial charge in [-0.2, -0.15) is 0 Å². The van der Waals surface area contributed by atoms with Crippen LogP contribution in [0, 0.1) is 5.92 Å². The SMILES string of the molecule is C=CC(=CC=C(C)S(=O)(=O)N(C)CC(C)C(=O)N(C)C)CNC(=O)C1=CC=C2CC=CN=C2C=C1. The third kappa shape index (κ3) is 7.60. The normalized spacial score (nSPS) is 17.0. The van der Waals surface area contributed by atoms with Gasteiger partial charge in [0.1, 0.15) is 0 Å². The van der Waals surface area contributed by atoms with Crippen LogP contribution in [-0.4, -0.2) is 69.4 Å². The lowest BCUT2D eigenvalue weighted by atomic mass is 10.1. The summed E-state index contributed by atoms with van der Waals surface area (Å²) in [6, 6.07) is 0. The average molecular weight is 499 g/mol. The second-order valence-corrected chi connectivity index (χ2v) is 10.8. The van der Waals surface area contributed by atoms with E-state index in [1.165, 1.54) is 29.3 Å². The highest BCUT2D eigenvalue weighted by Crippen LogP contribution is 2.17. The highest BCUT2D eigenvalue weighted by Gasteiger charge is 2.25. The first kappa shape index (κ1) is 27.9. The fourth-order valence-corrected chi connectivity index (χ4v) is 4.56. The number of sulfonamides is 1. The number of nitrogens with zero attached hydrogens (tertiary/aromatic N) is 3. The molecule has 0 aromatic rings. The molecule has 2 rings (SSSR count). The molecule has 1 aliphatic carbocycles. The minimum atomic E-state index is -3.74. The van der Waals surface area contributed by atoms with Crippen molar-refractivity contribution in [2.45, 2.75) is 20.3 Å². The van der Waals surface area contributed by atoms with E-state index in [0.29, 0.717) is 11.1 Å². The zero-order chi connectivity index (χ0) is 26.2. The van der Waals surface area contributed by atoms with Crippen LogP contribution in [-0.2, 0) is 19.6 Å². The number of carbonyl (C=O) groups is 2. The van der Waals surface area contributed by atoms with Gasteiger partial charge >= 0.3 is 0 Å². The first-order valence-corrected chi connectivity index (χ1v) is 12.7. The summed E-state index contributed by atoms with van der Waals surface area (Å²) >= 11 is 0. The maximum Gasteiger partial charge on any atom is 0.251 e. The van der Waals surface area contributed by atoms with Gasteiger partial charge in [0.25, 0.3) is 5.91 Å². The van der Waals surface area contributed by atoms with Crippen LogP contribution in [0.25, 0.3) is 0 Å². The zero-order valence-corrected chi connectivity index (χ0v) is 21.8. The maximum atomic E-state index is 12.8. The van der Waals surface area contributed by atoms with E-state index in [9.17, 15) is 18.0 Å². The molecule has 35 heavy (non-hydrogen) atoms. The van der Waals surface area contributed by atoms with E-state index in [4.69, 9.17) is 0 Å². The highest BCUT2D eigenvalue weighted by molar-refractivity contribution is 7.92. The summed E-state index contributed by atoms with van der Waals surface area (Å²) < 4.78 is 26.9. The summed E-state index contributed by atoms with van der Waals surface area (Å²) in [6.45, 7) is 7.19. The Morgan fingerprint density at radius 1 is 1.20 bits per heavy atom. The quantitative estimate of drug-likeness (QED) is 0.468. The molecule has 1 aliphatic heterocycles. The van der Waals surface area contributed by atoms with Gasteiger partial charge in [-0.1, -0.05) is 37.8 Å². The second kappa shape index (κ2) is 12.4. The first-order chi connectivity index (χ1) is 16.5. The Balaban J connectivity index is 2.04. The molecule has 8 nitrogen and oxygen atoms in total. The van der Waals surface area contributed by atoms with Crippen molar-refractivity contribution in [1.82, 2.24) is 14.5 Å². The number of nitrogens with one attached hydrogen (secondary N) is 1. The Morgan fingerprint density at radius 3 is 2.57 bits per heavy atom. The lowest BCUT2D eigenvalue weighted by Crippen LogP contribution is -2.38. The van der Waals surface area contributed by atoms with E-state index in [-0.39, 0.29) is 29.8 Å². The number of rotatable bonds is 10. The molecule has 1 heterocycles. The summed E-state index contributed by atoms with van der Waals surface area (Å²) in [7, 11) is 0.979. The second-order valence-electron chi connectivity index (χ2n) is 8.58. The van der Waals surface area contributed by atoms with Crippen LogP contribution < -0.4 is 5.32 Å². The van der Waals surface area contributed by atoms with Crippen molar-refractivity contribution in [2.75, 3.05) is 34.2 Å². The molecule has 9 heteroatoms. The minimum absolute atomic E-state index is 0.0693. The molecule has 2 aliphatic rings. The third-order valence-electron chi connectivity index (χ3n) is 5.59. The van der Waals surface area contributed by atoms with Crippen molar-refractivity contribution in [1.29, 1.82) is 0 Å². The molecule has 0 bridgehead atoms. The first-order valence-electron chi connectivity index (χ1n) is 11.2. The summed E-state index contributed by atoms with van der Waals surface area (Å²) in [5.74, 6) is -0.871. The average Bonchev–Trinajstić information content (AvgIpc) is 3.05. The third-order valence-corrected chi connectivity index (χ3v) is 7.51. The van der Waals surface area contributed by atoms with E-state index in [1.54, 1.807) is 51.5 Å². The molecule has 0 radical (unpaired) electrons. The van der Waals surface area contributed by atoms with Crippen LogP contribution in [0.1, 0.15) is 20.3 Å². The van der Waals surface area contributed by atoms with Gasteiger partial charge in [-0.05, 0) is 48.8 Å². The van der Waals surface area contributed by atoms with Gasteiger partial charge in [0.05, 0.1) is 10.6 Å². The molecule has 1 unspecified atom stereocenters. The highest BCUT2D eigenvalue weighted by atomic mass is 32.2. The number of hydrogen-bond donors (Lipinski definition) is 1. The Kier molecular flexibility index (Phi) is 9.91. The van der Waals surface area contributed by atoms with E-state index in [1.807, 2.05) is 18.2 Å². The molecule has 0 saturated heterocycles. The lowest BCUT2D eigenvalue weighted by Gasteiger charge is -2.23. The van der Waals surface area contributed by atoms with Gasteiger partial charge in [0.15, 0.2) is 0 Å². The number of hydrogen-bond acceptors (Lipinski definition) is 5. The van der Waals surface area contributed by atoms with Gasteiger partial charge in [-0.15, -0.1) is 0 Å². The number of aliphatic imine (C=N–C) groups is 1. The maximum absolute atomic E-state index is 12.8. The van der Waals surface area contributed by atoms with Gasteiger partial charge in [-0.3, -0.25) is 14.6 Å². The van der Waals surface area contributed by atoms with Crippen molar-refractivity contribution < 1.29 is 18.0 Å². The number of allylic oxidation sites excluding steroid dienone is 8. The van der Waals surface area contributed by atoms with Crippen molar-refractivity contribution in [3.8, 4) is 0 Å². The molecule has 0 spiro atoms. The summed E-state index contributed by atoms with van der Waals surface area (Å²) in [5.41, 5.74) is 3.02. The monoisotopic (exact) mass is 498 g/mol. The van der Waals surface area contributed by atoms with Crippen LogP contribution >= 0.6 is 0 Å². The van der Waals surface area contributed by atoms with Gasteiger partial charge in [0.2, 0.25) is 15.9 Å². The Hall–Kier alpha value is -3.30. The van der Waals surface area contributed by atoms with Crippen LogP contribution in [0.3, 0.4) is 0 Å². The Labute approximate surface area is 208 Å². The van der Waals surface area contributed by atoms with Crippen LogP contribution in [0.4, 0.5) is 0 Å². The molecule has 0 aromatic carbocycles. The van der Waals surface area contributed by atoms with Crippen molar-refractivity contribution in [2.24, 2.45) is 10.9 Å². The summed E-state index contributed by atoms with van der Waals surface area (Å²) in [4.78, 5) is 30.6. The van der Waals surface area contributed by atoms with E-state index >= 15 is 0 Å². The standard InChI is InChI=1S/C26H34N4O4S/c1-7-21(11-10-20(3)35(33,34)30(6)18-19(2)26(32)29(4)5)17-28-25(31)23-13-12-22-9-8-16-27-24(22)15-14-23/h7-8,10-16,19H,1,9,17-18H2,2-6H3,(H,28,31). The molecule has 0 fully saturated rings. The number of carbonyl (C=O) groups excluding carboxylic acids is 2. The topological polar surface area (TPSA) is 99.1 Å². The molecule has 1 N–H and O–H groups in total. The zero-order valence-electron chi connectivity index (χ0n) is 21.0. The predicted molar refractivity (Wildman–Crippen MR) is 141 cm³/mol. The van der Waals surface area contributed by atoms with Crippen LogP contribution in [0.2, 0.25) is 0 Å². The number of fused-ring (bicyclic) bond motifs is 1. The Morgan fingerprint density at radius 2 is 1.91 bits per heavy atom. The van der Waals surface area contributed by atoms with Crippen LogP contribution in [0.15, 0.2) is 88.0 Å². The van der Waals surface area contributed by atoms with E-state index in [0.717, 1.165) is 17.7 Å². The van der Waals surface area contributed by atoms with Gasteiger partial charge in [-0.25, -0.2) is 12.7 Å². The smallest absolute Gasteiger partial charge is 0.251 e. The Bertz CT molecular complexity index is 1180. The lowest BCUT2D eigenvalue weighted by molar-refractivity contribution is -0.132. The largest absolute Gasteiger partial charge is 0.349 e. The van der Waals surface area contributed by atoms with Gasteiger partial charge in [0, 0.05) is 51.9 Å². The van der Waals surface area contributed by atoms with E-state index < -0.39 is 15.9 Å². The van der Waals surface area contributed by atoms with Crippen molar-refractivity contribution >= 4 is 27.5 Å². The molecular weight excluding hydrogens is 464 g/mol. The fraction of sp³-hybridized carbons (Fsp3) is 0.346. The molecular formula is C26H34N4O4S. The van der Waals surface area contributed by atoms with E-state index in [2.05, 4.69) is 16.9 Å². The number of amides is 2. The van der Waals surface area contributed by atoms with Crippen LogP contribution in [0.5, 0.6) is 0 Å². The molecule has 2 amide bonds. The molecule has 0 saturated carbocycles. The summed E-state index contributed by atoms with van der Waals surface area (Å²) in [5, 5.41) is 2.83. The minimum Gasteiger partial charge on any atom is -0.349 e. The fourth-order valence-electron chi connectivity index (χ4n) is 3.41. The molecule has 0 aromatic heterocycles. The van der Waals surface area contributed by atoms with Crippen molar-refractivity contribution in [3.63, 3.8) is 0 Å². The summed E-state index contributed by atoms with van der Waals surface area (Å²) in [6.07, 6.45) is 16.3. The van der Waals surface area contributed by atoms with Gasteiger partial charge < -0.3 is 10.2 Å². The molecule has 1 atom stereocenters. The van der Waals surface area contributed by atoms with Crippen molar-refractivity contribution in [3.05, 3.63) is 83.0 Å². The molecule has 188 valence electrons. The predicted octanol–water partition coefficient (Wildman–Crippen LogP) is 2.89.